The minimum atomic E-state index is -5.08. The van der Waals surface area contributed by atoms with Crippen molar-refractivity contribution in [1.29, 1.82) is 0 Å². The number of hydrogen-bond donors (Lipinski definition) is 1. The van der Waals surface area contributed by atoms with Gasteiger partial charge in [-0.05, 0) is 43.9 Å². The minimum Gasteiger partial charge on any atom is -0.337 e. The van der Waals surface area contributed by atoms with Gasteiger partial charge >= 0.3 is 6.18 Å². The molecule has 1 N–H and O–H groups in total. The summed E-state index contributed by atoms with van der Waals surface area (Å²) in [5, 5.41) is 7.12. The zero-order valence-electron chi connectivity index (χ0n) is 20.2. The Morgan fingerprint density at radius 2 is 1.82 bits per heavy atom. The van der Waals surface area contributed by atoms with Gasteiger partial charge in [0.05, 0.1) is 5.57 Å². The fourth-order valence-corrected chi connectivity index (χ4v) is 4.28. The van der Waals surface area contributed by atoms with E-state index in [-0.39, 0.29) is 31.8 Å². The standard InChI is InChI=1S/C22H27F5N4O.C2H6/c1-4-16(23)19(24)18(22(25,26)27)13(3)14-6-10-31(11-7-14)21(32)20-15-12-30(5-2)9-8-17(15)28-29-20;1-2/h4,14H,3,5-12H2,1-2H3,(H,28,29);1-2H3/b16-4+,19-18-;. The summed E-state index contributed by atoms with van der Waals surface area (Å²) in [5.41, 5.74) is -0.0233. The Balaban J connectivity index is 0.00000199. The average molecular weight is 489 g/mol. The summed E-state index contributed by atoms with van der Waals surface area (Å²) in [6, 6.07) is 0. The van der Waals surface area contributed by atoms with Crippen LogP contribution in [0.2, 0.25) is 0 Å². The van der Waals surface area contributed by atoms with Crippen LogP contribution in [0.4, 0.5) is 22.0 Å². The number of halogens is 5. The van der Waals surface area contributed by atoms with Gasteiger partial charge in [0.15, 0.2) is 17.3 Å². The van der Waals surface area contributed by atoms with Crippen molar-refractivity contribution in [2.24, 2.45) is 5.92 Å². The van der Waals surface area contributed by atoms with E-state index in [1.54, 1.807) is 4.90 Å². The summed E-state index contributed by atoms with van der Waals surface area (Å²) in [6.07, 6.45) is -3.33. The van der Waals surface area contributed by atoms with Gasteiger partial charge in [0, 0.05) is 43.9 Å². The Bertz CT molecular complexity index is 940. The first kappa shape index (κ1) is 27.8. The van der Waals surface area contributed by atoms with Crippen LogP contribution in [0.25, 0.3) is 0 Å². The number of allylic oxidation sites excluding steroid dienone is 5. The van der Waals surface area contributed by atoms with Crippen molar-refractivity contribution < 1.29 is 26.7 Å². The van der Waals surface area contributed by atoms with Crippen LogP contribution in [0.5, 0.6) is 0 Å². The zero-order valence-corrected chi connectivity index (χ0v) is 20.2. The third-order valence-corrected chi connectivity index (χ3v) is 6.22. The van der Waals surface area contributed by atoms with Gasteiger partial charge in [0.2, 0.25) is 0 Å². The number of nitrogens with one attached hydrogen (secondary N) is 1. The number of carbonyl (C=O) groups is 1. The second-order valence-corrected chi connectivity index (χ2v) is 8.06. The van der Waals surface area contributed by atoms with Crippen LogP contribution >= 0.6 is 0 Å². The van der Waals surface area contributed by atoms with Gasteiger partial charge in [0.25, 0.3) is 5.91 Å². The van der Waals surface area contributed by atoms with E-state index < -0.39 is 34.9 Å². The normalized spacial score (nSPS) is 18.6. The summed E-state index contributed by atoms with van der Waals surface area (Å²) >= 11 is 0. The molecule has 1 aromatic rings. The Kier molecular flexibility index (Phi) is 9.61. The number of likely N-dealkylation sites (N-methyl/N-ethyl adjacent to an activating group) is 1. The molecule has 3 heterocycles. The third kappa shape index (κ3) is 5.95. The van der Waals surface area contributed by atoms with Gasteiger partial charge in [-0.25, -0.2) is 8.78 Å². The molecule has 0 aliphatic carbocycles. The molecular weight excluding hydrogens is 455 g/mol. The molecule has 10 heteroatoms. The lowest BCUT2D eigenvalue weighted by Crippen LogP contribution is -2.40. The molecule has 0 aromatic carbocycles. The number of aromatic amines is 1. The van der Waals surface area contributed by atoms with Crippen molar-refractivity contribution in [2.75, 3.05) is 26.2 Å². The predicted molar refractivity (Wildman–Crippen MR) is 121 cm³/mol. The van der Waals surface area contributed by atoms with Gasteiger partial charge in [-0.1, -0.05) is 27.4 Å². The second-order valence-electron chi connectivity index (χ2n) is 8.06. The number of amides is 1. The topological polar surface area (TPSA) is 52.2 Å². The van der Waals surface area contributed by atoms with E-state index in [1.165, 1.54) is 0 Å². The number of carbonyl (C=O) groups excluding carboxylic acids is 1. The predicted octanol–water partition coefficient (Wildman–Crippen LogP) is 5.88. The van der Waals surface area contributed by atoms with E-state index in [0.717, 1.165) is 37.7 Å². The molecule has 0 radical (unpaired) electrons. The van der Waals surface area contributed by atoms with Crippen LogP contribution in [0, 0.1) is 5.92 Å². The van der Waals surface area contributed by atoms with Crippen molar-refractivity contribution in [3.05, 3.63) is 52.4 Å². The van der Waals surface area contributed by atoms with Crippen molar-refractivity contribution in [1.82, 2.24) is 20.0 Å². The van der Waals surface area contributed by atoms with Crippen molar-refractivity contribution in [3.8, 4) is 0 Å². The van der Waals surface area contributed by atoms with Crippen LogP contribution in [-0.4, -0.2) is 58.3 Å². The lowest BCUT2D eigenvalue weighted by Gasteiger charge is -2.34. The van der Waals surface area contributed by atoms with Crippen LogP contribution in [0.1, 0.15) is 62.3 Å². The summed E-state index contributed by atoms with van der Waals surface area (Å²) < 4.78 is 68.1. The molecule has 2 aliphatic heterocycles. The number of piperidine rings is 1. The number of alkyl halides is 3. The number of rotatable bonds is 5. The lowest BCUT2D eigenvalue weighted by atomic mass is 9.85. The first-order valence-electron chi connectivity index (χ1n) is 11.6. The smallest absolute Gasteiger partial charge is 0.337 e. The molecular formula is C24H33F5N4O. The fourth-order valence-electron chi connectivity index (χ4n) is 4.28. The average Bonchev–Trinajstić information content (AvgIpc) is 3.26. The largest absolute Gasteiger partial charge is 0.419 e. The van der Waals surface area contributed by atoms with Crippen LogP contribution in [0.15, 0.2) is 35.5 Å². The Morgan fingerprint density at radius 1 is 1.21 bits per heavy atom. The van der Waals surface area contributed by atoms with Crippen molar-refractivity contribution in [3.63, 3.8) is 0 Å². The SMILES string of the molecule is C=C(/C(=C(F)\C(F)=C/C)C(F)(F)F)C1CCN(C(=O)c2n[nH]c3c2CN(CC)CC3)CC1.CC. The van der Waals surface area contributed by atoms with Gasteiger partial charge in [-0.15, -0.1) is 0 Å². The number of nitrogens with zero attached hydrogens (tertiary/aromatic N) is 3. The van der Waals surface area contributed by atoms with Crippen LogP contribution < -0.4 is 0 Å². The number of hydrogen-bond acceptors (Lipinski definition) is 3. The molecule has 5 nitrogen and oxygen atoms in total. The summed E-state index contributed by atoms with van der Waals surface area (Å²) in [5.74, 6) is -4.51. The van der Waals surface area contributed by atoms with Gasteiger partial charge < -0.3 is 4.90 Å². The van der Waals surface area contributed by atoms with E-state index >= 15 is 0 Å². The van der Waals surface area contributed by atoms with E-state index in [1.807, 2.05) is 20.8 Å². The molecule has 3 rings (SSSR count). The molecule has 34 heavy (non-hydrogen) atoms. The highest BCUT2D eigenvalue weighted by Crippen LogP contribution is 2.41. The number of aromatic nitrogens is 2. The monoisotopic (exact) mass is 488 g/mol. The Labute approximate surface area is 197 Å². The highest BCUT2D eigenvalue weighted by molar-refractivity contribution is 5.94. The molecule has 1 aromatic heterocycles. The molecule has 2 aliphatic rings. The number of fused-ring (bicyclic) bond motifs is 1. The molecule has 1 saturated heterocycles. The first-order valence-corrected chi connectivity index (χ1v) is 11.6. The van der Waals surface area contributed by atoms with Gasteiger partial charge in [-0.2, -0.15) is 18.3 Å². The Hall–Kier alpha value is -2.49. The van der Waals surface area contributed by atoms with Crippen molar-refractivity contribution >= 4 is 5.91 Å². The third-order valence-electron chi connectivity index (χ3n) is 6.22. The quantitative estimate of drug-likeness (QED) is 0.416. The van der Waals surface area contributed by atoms with E-state index in [0.29, 0.717) is 18.3 Å². The maximum atomic E-state index is 14.1. The van der Waals surface area contributed by atoms with Gasteiger partial charge in [-0.3, -0.25) is 14.8 Å². The fraction of sp³-hybridized carbons (Fsp3) is 0.583. The molecule has 0 unspecified atom stereocenters. The van der Waals surface area contributed by atoms with E-state index in [4.69, 9.17) is 0 Å². The maximum absolute atomic E-state index is 14.1. The van der Waals surface area contributed by atoms with Crippen LogP contribution in [-0.2, 0) is 13.0 Å². The second kappa shape index (κ2) is 11.8. The summed E-state index contributed by atoms with van der Waals surface area (Å²) in [7, 11) is 0. The molecule has 1 fully saturated rings. The summed E-state index contributed by atoms with van der Waals surface area (Å²) in [4.78, 5) is 16.8. The number of H-pyrrole nitrogens is 1. The van der Waals surface area contributed by atoms with E-state index in [9.17, 15) is 26.7 Å². The van der Waals surface area contributed by atoms with Crippen molar-refractivity contribution in [2.45, 2.75) is 59.7 Å². The summed E-state index contributed by atoms with van der Waals surface area (Å²) in [6.45, 7) is 13.3. The van der Waals surface area contributed by atoms with Gasteiger partial charge in [0.1, 0.15) is 0 Å². The number of likely N-dealkylation sites (tertiary alicyclic amines) is 1. The van der Waals surface area contributed by atoms with Crippen LogP contribution in [0.3, 0.4) is 0 Å². The Morgan fingerprint density at radius 3 is 2.35 bits per heavy atom. The molecule has 0 spiro atoms. The molecule has 0 atom stereocenters. The highest BCUT2D eigenvalue weighted by Gasteiger charge is 2.42. The first-order chi connectivity index (χ1) is 16.1. The molecule has 1 amide bonds. The highest BCUT2D eigenvalue weighted by atomic mass is 19.4. The van der Waals surface area contributed by atoms with E-state index in [2.05, 4.69) is 21.7 Å². The molecule has 190 valence electrons. The molecule has 0 bridgehead atoms. The maximum Gasteiger partial charge on any atom is 0.419 e. The zero-order chi connectivity index (χ0) is 25.6. The molecule has 0 saturated carbocycles. The lowest BCUT2D eigenvalue weighted by molar-refractivity contribution is -0.0921. The minimum absolute atomic E-state index is 0.169.